The minimum absolute atomic E-state index is 0.772. The third-order valence-electron chi connectivity index (χ3n) is 12.5. The Kier molecular flexibility index (Phi) is 10.4. The fourth-order valence-corrected chi connectivity index (χ4v) is 9.66. The van der Waals surface area contributed by atoms with Crippen molar-refractivity contribution in [1.29, 1.82) is 0 Å². The van der Waals surface area contributed by atoms with Crippen LogP contribution < -0.4 is 0 Å². The van der Waals surface area contributed by atoms with Gasteiger partial charge in [0.2, 0.25) is 0 Å². The highest BCUT2D eigenvalue weighted by atomic mass is 15.0. The summed E-state index contributed by atoms with van der Waals surface area (Å²) < 4.78 is 4.87. The van der Waals surface area contributed by atoms with Crippen molar-refractivity contribution >= 4 is 54.9 Å². The predicted octanol–water partition coefficient (Wildman–Crippen LogP) is 16.3. The van der Waals surface area contributed by atoms with Crippen molar-refractivity contribution in [3.8, 4) is 50.5 Å². The van der Waals surface area contributed by atoms with Gasteiger partial charge >= 0.3 is 0 Å². The SMILES string of the molecule is C1=CC(n2c3c(-c4ccccc4)cccc3c3ccnc(-c4ccccc4)c32)=CCC=C1c1ccc(-n2c3c(-c4ccccc4)cccc3c3ccnc(-c4ccccc4)c32)cc1.CC. The van der Waals surface area contributed by atoms with E-state index in [1.165, 1.54) is 60.4 Å². The molecule has 0 radical (unpaired) electrons. The van der Waals surface area contributed by atoms with E-state index in [9.17, 15) is 0 Å². The Balaban J connectivity index is 0.00000231. The number of hydrogen-bond acceptors (Lipinski definition) is 2. The van der Waals surface area contributed by atoms with Gasteiger partial charge < -0.3 is 9.13 Å². The molecule has 0 bridgehead atoms. The normalized spacial score (nSPS) is 12.5. The summed E-state index contributed by atoms with van der Waals surface area (Å²) in [5.74, 6) is 0. The molecule has 7 aromatic carbocycles. The zero-order valence-electron chi connectivity index (χ0n) is 36.4. The molecule has 4 nitrogen and oxygen atoms in total. The fraction of sp³-hybridized carbons (Fsp3) is 0.0492. The number of fused-ring (bicyclic) bond motifs is 6. The Labute approximate surface area is 379 Å². The highest BCUT2D eigenvalue weighted by molar-refractivity contribution is 6.18. The monoisotopic (exact) mass is 834 g/mol. The Bertz CT molecular complexity index is 3400. The molecule has 310 valence electrons. The Hall–Kier alpha value is -8.34. The summed E-state index contributed by atoms with van der Waals surface area (Å²) in [6.07, 6.45) is 13.9. The van der Waals surface area contributed by atoms with Crippen LogP contribution in [0.3, 0.4) is 0 Å². The molecule has 4 heteroatoms. The highest BCUT2D eigenvalue weighted by Crippen LogP contribution is 2.43. The number of para-hydroxylation sites is 2. The molecule has 65 heavy (non-hydrogen) atoms. The number of allylic oxidation sites excluding steroid dienone is 6. The van der Waals surface area contributed by atoms with Crippen molar-refractivity contribution in [1.82, 2.24) is 19.1 Å². The first-order chi connectivity index (χ1) is 32.3. The third-order valence-corrected chi connectivity index (χ3v) is 12.5. The molecule has 0 unspecified atom stereocenters. The van der Waals surface area contributed by atoms with E-state index in [0.717, 1.165) is 56.9 Å². The summed E-state index contributed by atoms with van der Waals surface area (Å²) in [5, 5.41) is 4.78. The molecule has 0 saturated heterocycles. The second-order valence-corrected chi connectivity index (χ2v) is 16.1. The molecule has 0 aliphatic heterocycles. The van der Waals surface area contributed by atoms with Crippen molar-refractivity contribution in [3.63, 3.8) is 0 Å². The molecule has 0 spiro atoms. The second kappa shape index (κ2) is 17.1. The van der Waals surface area contributed by atoms with Gasteiger partial charge in [-0.05, 0) is 59.0 Å². The predicted molar refractivity (Wildman–Crippen MR) is 275 cm³/mol. The van der Waals surface area contributed by atoms with Gasteiger partial charge in [0, 0.05) is 67.6 Å². The van der Waals surface area contributed by atoms with Crippen molar-refractivity contribution in [2.45, 2.75) is 20.3 Å². The number of rotatable bonds is 7. The molecule has 1 aliphatic carbocycles. The van der Waals surface area contributed by atoms with Crippen LogP contribution in [0.5, 0.6) is 0 Å². The zero-order chi connectivity index (χ0) is 43.7. The Morgan fingerprint density at radius 2 is 0.800 bits per heavy atom. The van der Waals surface area contributed by atoms with E-state index in [2.05, 4.69) is 228 Å². The minimum Gasteiger partial charge on any atom is -0.307 e. The van der Waals surface area contributed by atoms with Crippen LogP contribution in [0.1, 0.15) is 25.8 Å². The van der Waals surface area contributed by atoms with Crippen molar-refractivity contribution in [2.75, 3.05) is 0 Å². The lowest BCUT2D eigenvalue weighted by atomic mass is 10.0. The highest BCUT2D eigenvalue weighted by Gasteiger charge is 2.23. The van der Waals surface area contributed by atoms with Crippen LogP contribution in [-0.4, -0.2) is 19.1 Å². The maximum absolute atomic E-state index is 5.04. The summed E-state index contributed by atoms with van der Waals surface area (Å²) in [7, 11) is 0. The van der Waals surface area contributed by atoms with Gasteiger partial charge in [-0.25, -0.2) is 0 Å². The summed E-state index contributed by atoms with van der Waals surface area (Å²) in [6, 6.07) is 69.2. The average molecular weight is 835 g/mol. The van der Waals surface area contributed by atoms with Crippen LogP contribution in [0.4, 0.5) is 0 Å². The van der Waals surface area contributed by atoms with Gasteiger partial charge in [-0.15, -0.1) is 0 Å². The molecule has 0 amide bonds. The number of aromatic nitrogens is 4. The molecule has 0 saturated carbocycles. The average Bonchev–Trinajstić information content (AvgIpc) is 3.80. The second-order valence-electron chi connectivity index (χ2n) is 16.1. The molecule has 11 aromatic rings. The number of pyridine rings is 2. The summed E-state index contributed by atoms with van der Waals surface area (Å²) in [4.78, 5) is 10.1. The van der Waals surface area contributed by atoms with Crippen LogP contribution >= 0.6 is 0 Å². The minimum atomic E-state index is 0.772. The van der Waals surface area contributed by atoms with E-state index in [-0.39, 0.29) is 0 Å². The standard InChI is InChI=1S/C59H40N4.C2H6/c1-5-16-42(17-6-1)48-26-14-28-50-52-36-38-60-54(44-20-9-3-10-21-44)58(52)62(56(48)50)46-25-13-24-40(30-33-46)41-31-34-47(35-32-41)63-57-49(43-18-7-2-8-19-43)27-15-29-51(57)53-37-39-61-55(59(53)63)45-22-11-4-12-23-45;1-2/h1-12,14-39H,13H2;1-2H3. The lowest BCUT2D eigenvalue weighted by molar-refractivity contribution is 1.17. The lowest BCUT2D eigenvalue weighted by Crippen LogP contribution is -1.99. The smallest absolute Gasteiger partial charge is 0.0948 e. The van der Waals surface area contributed by atoms with Gasteiger partial charge in [0.15, 0.2) is 0 Å². The molecule has 0 fully saturated rings. The maximum Gasteiger partial charge on any atom is 0.0948 e. The lowest BCUT2D eigenvalue weighted by Gasteiger charge is -2.14. The van der Waals surface area contributed by atoms with Crippen molar-refractivity contribution < 1.29 is 0 Å². The quantitative estimate of drug-likeness (QED) is 0.160. The van der Waals surface area contributed by atoms with Crippen LogP contribution in [0.15, 0.2) is 231 Å². The van der Waals surface area contributed by atoms with Gasteiger partial charge in [0.05, 0.1) is 33.5 Å². The van der Waals surface area contributed by atoms with Gasteiger partial charge in [-0.1, -0.05) is 202 Å². The molecular formula is C61H46N4. The fourth-order valence-electron chi connectivity index (χ4n) is 9.66. The number of benzene rings is 7. The van der Waals surface area contributed by atoms with Crippen molar-refractivity contribution in [3.05, 3.63) is 236 Å². The van der Waals surface area contributed by atoms with E-state index < -0.39 is 0 Å². The largest absolute Gasteiger partial charge is 0.307 e. The van der Waals surface area contributed by atoms with Gasteiger partial charge in [0.25, 0.3) is 0 Å². The summed E-state index contributed by atoms with van der Waals surface area (Å²) in [6.45, 7) is 4.00. The Morgan fingerprint density at radius 3 is 1.31 bits per heavy atom. The third kappa shape index (κ3) is 6.88. The number of hydrogen-bond donors (Lipinski definition) is 0. The number of nitrogens with zero attached hydrogens (tertiary/aromatic N) is 4. The molecular weight excluding hydrogens is 789 g/mol. The molecule has 12 rings (SSSR count). The zero-order valence-corrected chi connectivity index (χ0v) is 36.4. The summed E-state index contributed by atoms with van der Waals surface area (Å²) >= 11 is 0. The first-order valence-corrected chi connectivity index (χ1v) is 22.6. The van der Waals surface area contributed by atoms with Crippen LogP contribution in [-0.2, 0) is 0 Å². The van der Waals surface area contributed by atoms with Crippen LogP contribution in [0, 0.1) is 0 Å². The molecule has 0 atom stereocenters. The molecule has 4 heterocycles. The van der Waals surface area contributed by atoms with E-state index in [0.29, 0.717) is 0 Å². The van der Waals surface area contributed by atoms with Crippen molar-refractivity contribution in [2.24, 2.45) is 0 Å². The van der Waals surface area contributed by atoms with E-state index in [1.54, 1.807) is 0 Å². The van der Waals surface area contributed by atoms with Gasteiger partial charge in [0.1, 0.15) is 0 Å². The topological polar surface area (TPSA) is 35.6 Å². The van der Waals surface area contributed by atoms with E-state index in [1.807, 2.05) is 26.2 Å². The molecule has 1 aliphatic rings. The maximum atomic E-state index is 5.04. The first-order valence-electron chi connectivity index (χ1n) is 22.6. The van der Waals surface area contributed by atoms with Gasteiger partial charge in [-0.3, -0.25) is 9.97 Å². The van der Waals surface area contributed by atoms with E-state index >= 15 is 0 Å². The summed E-state index contributed by atoms with van der Waals surface area (Å²) in [5.41, 5.74) is 18.0. The van der Waals surface area contributed by atoms with Crippen LogP contribution in [0.2, 0.25) is 0 Å². The molecule has 4 aromatic heterocycles. The first kappa shape index (κ1) is 39.5. The van der Waals surface area contributed by atoms with E-state index in [4.69, 9.17) is 9.97 Å². The van der Waals surface area contributed by atoms with Gasteiger partial charge in [-0.2, -0.15) is 0 Å². The Morgan fingerprint density at radius 1 is 0.354 bits per heavy atom. The van der Waals surface area contributed by atoms with Crippen LogP contribution in [0.25, 0.3) is 105 Å². The molecule has 0 N–H and O–H groups in total.